The molecule has 0 bridgehead atoms. The van der Waals surface area contributed by atoms with Crippen LogP contribution in [0.5, 0.6) is 0 Å². The molecule has 0 amide bonds. The standard InChI is InChI=1S/C55H39NOS/c1-4-16-37(17-5-1)43(35-34-40-18-14-29-52-53(40)46-25-12-13-28-51(46)58-52)38-30-32-39(33-31-38)47-36-48-54-49(56(41-19-6-2-7-20-41)42-21-8-3-9-22-42)26-15-27-50(54)57-55(48)45-24-11-10-23-44(45)47/h1-33,36,43H,34-35H2. The fourth-order valence-electron chi connectivity index (χ4n) is 9.10. The molecule has 0 fully saturated rings. The molecular weight excluding hydrogens is 723 g/mol. The number of hydrogen-bond donors (Lipinski definition) is 0. The SMILES string of the molecule is c1ccc(C(CCc2cccc3sc4ccccc4c23)c2ccc(-c3cc4c(oc5cccc(N(c6ccccc6)c6ccccc6)c54)c4ccccc34)cc2)cc1. The lowest BCUT2D eigenvalue weighted by Crippen LogP contribution is -2.09. The van der Waals surface area contributed by atoms with Crippen molar-refractivity contribution >= 4 is 81.3 Å². The number of anilines is 3. The second-order valence-electron chi connectivity index (χ2n) is 15.1. The Kier molecular flexibility index (Phi) is 8.60. The zero-order valence-electron chi connectivity index (χ0n) is 31.9. The first-order chi connectivity index (χ1) is 28.8. The van der Waals surface area contributed by atoms with Gasteiger partial charge in [0.05, 0.1) is 11.1 Å². The molecule has 0 N–H and O–H groups in total. The van der Waals surface area contributed by atoms with Gasteiger partial charge in [-0.3, -0.25) is 0 Å². The van der Waals surface area contributed by atoms with Gasteiger partial charge in [-0.1, -0.05) is 152 Å². The van der Waals surface area contributed by atoms with Crippen LogP contribution in [0.15, 0.2) is 211 Å². The maximum Gasteiger partial charge on any atom is 0.143 e. The predicted molar refractivity (Wildman–Crippen MR) is 247 cm³/mol. The second kappa shape index (κ2) is 14.5. The summed E-state index contributed by atoms with van der Waals surface area (Å²) < 4.78 is 9.53. The van der Waals surface area contributed by atoms with E-state index in [4.69, 9.17) is 4.42 Å². The van der Waals surface area contributed by atoms with Crippen molar-refractivity contribution in [1.82, 2.24) is 0 Å². The largest absolute Gasteiger partial charge is 0.455 e. The van der Waals surface area contributed by atoms with Crippen molar-refractivity contribution in [1.29, 1.82) is 0 Å². The van der Waals surface area contributed by atoms with Crippen LogP contribution in [0.1, 0.15) is 29.0 Å². The zero-order valence-corrected chi connectivity index (χ0v) is 32.7. The number of furan rings is 1. The molecule has 2 aromatic heterocycles. The average molecular weight is 762 g/mol. The number of fused-ring (bicyclic) bond motifs is 8. The highest BCUT2D eigenvalue weighted by molar-refractivity contribution is 7.25. The van der Waals surface area contributed by atoms with Crippen molar-refractivity contribution < 1.29 is 4.42 Å². The Morgan fingerprint density at radius 2 is 1.07 bits per heavy atom. The van der Waals surface area contributed by atoms with Crippen molar-refractivity contribution in [2.75, 3.05) is 4.90 Å². The molecule has 276 valence electrons. The Labute approximate surface area is 341 Å². The van der Waals surface area contributed by atoms with E-state index < -0.39 is 0 Å². The summed E-state index contributed by atoms with van der Waals surface area (Å²) in [5, 5.41) is 7.29. The highest BCUT2D eigenvalue weighted by atomic mass is 32.1. The number of hydrogen-bond acceptors (Lipinski definition) is 3. The molecule has 1 atom stereocenters. The van der Waals surface area contributed by atoms with E-state index in [0.717, 1.165) is 57.2 Å². The molecule has 3 heteroatoms. The van der Waals surface area contributed by atoms with Crippen LogP contribution >= 0.6 is 11.3 Å². The first-order valence-corrected chi connectivity index (χ1v) is 20.9. The van der Waals surface area contributed by atoms with E-state index in [2.05, 4.69) is 211 Å². The Balaban J connectivity index is 1.02. The number of rotatable bonds is 9. The molecule has 9 aromatic carbocycles. The minimum Gasteiger partial charge on any atom is -0.455 e. The minimum atomic E-state index is 0.261. The van der Waals surface area contributed by atoms with E-state index in [1.807, 2.05) is 11.3 Å². The van der Waals surface area contributed by atoms with Gasteiger partial charge in [-0.05, 0) is 101 Å². The molecule has 2 heterocycles. The molecule has 0 aliphatic heterocycles. The lowest BCUT2D eigenvalue weighted by Gasteiger charge is -2.26. The van der Waals surface area contributed by atoms with E-state index >= 15 is 0 Å². The summed E-state index contributed by atoms with van der Waals surface area (Å²) >= 11 is 1.90. The Bertz CT molecular complexity index is 3180. The molecule has 0 radical (unpaired) electrons. The molecule has 0 saturated heterocycles. The van der Waals surface area contributed by atoms with Crippen LogP contribution in [-0.2, 0) is 6.42 Å². The van der Waals surface area contributed by atoms with E-state index in [1.54, 1.807) is 0 Å². The van der Waals surface area contributed by atoms with E-state index in [9.17, 15) is 0 Å². The second-order valence-corrected chi connectivity index (χ2v) is 16.2. The summed E-state index contributed by atoms with van der Waals surface area (Å²) in [5.74, 6) is 0.261. The summed E-state index contributed by atoms with van der Waals surface area (Å²) in [6.45, 7) is 0. The molecular formula is C55H39NOS. The van der Waals surface area contributed by atoms with Crippen LogP contribution in [-0.4, -0.2) is 0 Å². The summed E-state index contributed by atoms with van der Waals surface area (Å²) in [5.41, 5.74) is 11.6. The van der Waals surface area contributed by atoms with Crippen LogP contribution in [0.25, 0.3) is 64.0 Å². The Hall–Kier alpha value is -6.94. The molecule has 58 heavy (non-hydrogen) atoms. The van der Waals surface area contributed by atoms with Gasteiger partial charge in [-0.2, -0.15) is 0 Å². The summed E-state index contributed by atoms with van der Waals surface area (Å²) in [6, 6.07) is 74.8. The van der Waals surface area contributed by atoms with Gasteiger partial charge in [0.2, 0.25) is 0 Å². The molecule has 2 nitrogen and oxygen atoms in total. The lowest BCUT2D eigenvalue weighted by atomic mass is 9.85. The third kappa shape index (κ3) is 5.95. The van der Waals surface area contributed by atoms with Gasteiger partial charge in [0.1, 0.15) is 11.2 Å². The molecule has 1 unspecified atom stereocenters. The fraction of sp³-hybridized carbons (Fsp3) is 0.0545. The monoisotopic (exact) mass is 761 g/mol. The molecule has 0 aliphatic carbocycles. The van der Waals surface area contributed by atoms with Gasteiger partial charge in [0.25, 0.3) is 0 Å². The quantitative estimate of drug-likeness (QED) is 0.146. The van der Waals surface area contributed by atoms with Gasteiger partial charge < -0.3 is 9.32 Å². The van der Waals surface area contributed by atoms with Crippen LogP contribution in [0, 0.1) is 0 Å². The van der Waals surface area contributed by atoms with E-state index in [-0.39, 0.29) is 5.92 Å². The van der Waals surface area contributed by atoms with Crippen molar-refractivity contribution in [2.24, 2.45) is 0 Å². The zero-order chi connectivity index (χ0) is 38.4. The smallest absolute Gasteiger partial charge is 0.143 e. The Morgan fingerprint density at radius 3 is 1.81 bits per heavy atom. The van der Waals surface area contributed by atoms with Crippen molar-refractivity contribution in [3.63, 3.8) is 0 Å². The van der Waals surface area contributed by atoms with E-state index in [1.165, 1.54) is 53.4 Å². The fourth-order valence-corrected chi connectivity index (χ4v) is 10.3. The number of para-hydroxylation sites is 2. The normalized spacial score (nSPS) is 12.2. The van der Waals surface area contributed by atoms with Crippen molar-refractivity contribution in [3.8, 4) is 11.1 Å². The number of thiophene rings is 1. The summed E-state index contributed by atoms with van der Waals surface area (Å²) in [7, 11) is 0. The molecule has 0 aliphatic rings. The van der Waals surface area contributed by atoms with Gasteiger partial charge in [-0.25, -0.2) is 0 Å². The third-order valence-electron chi connectivity index (χ3n) is 11.8. The van der Waals surface area contributed by atoms with Crippen molar-refractivity contribution in [2.45, 2.75) is 18.8 Å². The number of nitrogens with zero attached hydrogens (tertiary/aromatic N) is 1. The van der Waals surface area contributed by atoms with Gasteiger partial charge >= 0.3 is 0 Å². The number of benzene rings is 9. The van der Waals surface area contributed by atoms with Gasteiger partial charge in [0.15, 0.2) is 0 Å². The molecule has 0 saturated carbocycles. The molecule has 11 aromatic rings. The van der Waals surface area contributed by atoms with Crippen LogP contribution < -0.4 is 4.90 Å². The predicted octanol–water partition coefficient (Wildman–Crippen LogP) is 16.0. The lowest BCUT2D eigenvalue weighted by molar-refractivity contribution is 0.672. The maximum atomic E-state index is 6.80. The highest BCUT2D eigenvalue weighted by Gasteiger charge is 2.22. The third-order valence-corrected chi connectivity index (χ3v) is 12.9. The first kappa shape index (κ1) is 34.3. The van der Waals surface area contributed by atoms with Crippen molar-refractivity contribution in [3.05, 3.63) is 223 Å². The van der Waals surface area contributed by atoms with Crippen LogP contribution in [0.4, 0.5) is 17.1 Å². The first-order valence-electron chi connectivity index (χ1n) is 20.1. The minimum absolute atomic E-state index is 0.261. The van der Waals surface area contributed by atoms with Crippen LogP contribution in [0.3, 0.4) is 0 Å². The van der Waals surface area contributed by atoms with Gasteiger partial charge in [0, 0.05) is 48.2 Å². The molecule has 11 rings (SSSR count). The number of aryl methyl sites for hydroxylation is 1. The summed E-state index contributed by atoms with van der Waals surface area (Å²) in [4.78, 5) is 2.34. The van der Waals surface area contributed by atoms with E-state index in [0.29, 0.717) is 0 Å². The summed E-state index contributed by atoms with van der Waals surface area (Å²) in [6.07, 6.45) is 2.02. The molecule has 0 spiro atoms. The van der Waals surface area contributed by atoms with Gasteiger partial charge in [-0.15, -0.1) is 11.3 Å². The maximum absolute atomic E-state index is 6.80. The average Bonchev–Trinajstić information content (AvgIpc) is 3.87. The topological polar surface area (TPSA) is 16.4 Å². The van der Waals surface area contributed by atoms with Crippen LogP contribution in [0.2, 0.25) is 0 Å². The Morgan fingerprint density at radius 1 is 0.466 bits per heavy atom. The highest BCUT2D eigenvalue weighted by Crippen LogP contribution is 2.46.